The average molecular weight is 539 g/mol. The Morgan fingerprint density at radius 2 is 1.54 bits per heavy atom. The molecule has 1 unspecified atom stereocenters. The maximum absolute atomic E-state index is 12.9. The average Bonchev–Trinajstić information content (AvgIpc) is 2.76. The highest BCUT2D eigenvalue weighted by molar-refractivity contribution is 7.94. The molecule has 1 aromatic rings. The van der Waals surface area contributed by atoms with Gasteiger partial charge in [-0.1, -0.05) is 52.0 Å². The van der Waals surface area contributed by atoms with Crippen LogP contribution in [0.1, 0.15) is 61.8 Å². The van der Waals surface area contributed by atoms with E-state index in [0.29, 0.717) is 6.42 Å². The molecule has 0 radical (unpaired) electrons. The number of hydrogen-bond donors (Lipinski definition) is 4. The van der Waals surface area contributed by atoms with Crippen molar-refractivity contribution in [3.8, 4) is 0 Å². The van der Waals surface area contributed by atoms with Crippen LogP contribution in [0.4, 0.5) is 4.79 Å². The van der Waals surface area contributed by atoms with Crippen molar-refractivity contribution in [2.24, 2.45) is 11.8 Å². The molecule has 208 valence electrons. The maximum Gasteiger partial charge on any atom is 0.422 e. The number of carbonyl (C=O) groups is 3. The molecule has 0 aromatic heterocycles. The summed E-state index contributed by atoms with van der Waals surface area (Å²) in [5.41, 5.74) is 4.32. The summed E-state index contributed by atoms with van der Waals surface area (Å²) in [6, 6.07) is 5.72. The van der Waals surface area contributed by atoms with Crippen LogP contribution in [0, 0.1) is 11.8 Å². The third kappa shape index (κ3) is 12.2. The molecular formula is C26H42N4O6S. The number of benzene rings is 1. The molecule has 0 bridgehead atoms. The zero-order valence-corrected chi connectivity index (χ0v) is 23.8. The van der Waals surface area contributed by atoms with Gasteiger partial charge in [0.05, 0.1) is 4.90 Å². The highest BCUT2D eigenvalue weighted by atomic mass is 32.2. The number of hydrogen-bond acceptors (Lipinski definition) is 7. The molecule has 0 spiro atoms. The Bertz CT molecular complexity index is 1030. The van der Waals surface area contributed by atoms with Crippen molar-refractivity contribution in [2.45, 2.75) is 90.4 Å². The van der Waals surface area contributed by atoms with E-state index in [0.717, 1.165) is 5.41 Å². The van der Waals surface area contributed by atoms with Gasteiger partial charge in [0, 0.05) is 11.4 Å². The summed E-state index contributed by atoms with van der Waals surface area (Å²) in [4.78, 5) is 37.8. The Balaban J connectivity index is 2.84. The summed E-state index contributed by atoms with van der Waals surface area (Å²) >= 11 is 0. The summed E-state index contributed by atoms with van der Waals surface area (Å²) in [6.45, 7) is 14.2. The van der Waals surface area contributed by atoms with E-state index < -0.39 is 51.5 Å². The van der Waals surface area contributed by atoms with Crippen molar-refractivity contribution >= 4 is 27.7 Å². The van der Waals surface area contributed by atoms with E-state index in [2.05, 4.69) is 21.5 Å². The largest absolute Gasteiger partial charge is 0.443 e. The Morgan fingerprint density at radius 1 is 0.946 bits per heavy atom. The number of sulfone groups is 1. The van der Waals surface area contributed by atoms with Crippen molar-refractivity contribution in [3.63, 3.8) is 0 Å². The van der Waals surface area contributed by atoms with Crippen molar-refractivity contribution in [3.05, 3.63) is 41.8 Å². The highest BCUT2D eigenvalue weighted by Crippen LogP contribution is 2.14. The first-order valence-electron chi connectivity index (χ1n) is 12.4. The van der Waals surface area contributed by atoms with Crippen LogP contribution in [0.5, 0.6) is 0 Å². The van der Waals surface area contributed by atoms with Gasteiger partial charge in [-0.05, 0) is 58.1 Å². The molecule has 0 fully saturated rings. The number of carbonyl (C=O) groups excluding carboxylic acids is 3. The Morgan fingerprint density at radius 3 is 2.05 bits per heavy atom. The number of nitrogens with one attached hydrogen (secondary N) is 4. The van der Waals surface area contributed by atoms with Crippen LogP contribution in [0.15, 0.2) is 46.7 Å². The van der Waals surface area contributed by atoms with Crippen molar-refractivity contribution < 1.29 is 27.5 Å². The lowest BCUT2D eigenvalue weighted by Crippen LogP contribution is -2.58. The van der Waals surface area contributed by atoms with Gasteiger partial charge in [0.15, 0.2) is 9.84 Å². The van der Waals surface area contributed by atoms with E-state index in [1.54, 1.807) is 52.8 Å². The molecule has 1 rings (SSSR count). The minimum absolute atomic E-state index is 0.161. The number of rotatable bonds is 12. The van der Waals surface area contributed by atoms with E-state index in [4.69, 9.17) is 4.74 Å². The zero-order chi connectivity index (χ0) is 28.4. The topological polar surface area (TPSA) is 143 Å². The molecule has 0 aliphatic carbocycles. The van der Waals surface area contributed by atoms with Gasteiger partial charge in [-0.25, -0.2) is 18.6 Å². The third-order valence-corrected chi connectivity index (χ3v) is 6.49. The van der Waals surface area contributed by atoms with Crippen LogP contribution >= 0.6 is 0 Å². The van der Waals surface area contributed by atoms with Gasteiger partial charge in [-0.15, -0.1) is 0 Å². The predicted octanol–water partition coefficient (Wildman–Crippen LogP) is 3.06. The number of ether oxygens (including phenoxy) is 1. The molecule has 0 aliphatic rings. The molecule has 0 saturated heterocycles. The quantitative estimate of drug-likeness (QED) is 0.300. The van der Waals surface area contributed by atoms with Crippen molar-refractivity contribution in [1.82, 2.24) is 21.5 Å². The van der Waals surface area contributed by atoms with Gasteiger partial charge in [0.25, 0.3) is 0 Å². The van der Waals surface area contributed by atoms with Crippen LogP contribution in [0.3, 0.4) is 0 Å². The van der Waals surface area contributed by atoms with Gasteiger partial charge >= 0.3 is 6.09 Å². The zero-order valence-electron chi connectivity index (χ0n) is 23.0. The summed E-state index contributed by atoms with van der Waals surface area (Å²) in [5, 5.41) is 6.55. The van der Waals surface area contributed by atoms with Crippen molar-refractivity contribution in [2.75, 3.05) is 0 Å². The fourth-order valence-electron chi connectivity index (χ4n) is 3.23. The molecule has 0 aliphatic heterocycles. The summed E-state index contributed by atoms with van der Waals surface area (Å²) in [5.74, 6) is -1.00. The SMILES string of the molecule is CC(C)CC(C=CS(=O)(=O)c1ccccc1)NC(=O)[C@H](C)NC(=O)[C@@H](NNC(=O)OC(C)(C)C)C(C)C. The second kappa shape index (κ2) is 14.1. The molecule has 11 heteroatoms. The molecule has 3 amide bonds. The first-order valence-corrected chi connectivity index (χ1v) is 13.9. The summed E-state index contributed by atoms with van der Waals surface area (Å²) < 4.78 is 30.4. The maximum atomic E-state index is 12.9. The molecule has 1 aromatic carbocycles. The van der Waals surface area contributed by atoms with Gasteiger partial charge < -0.3 is 15.4 Å². The highest BCUT2D eigenvalue weighted by Gasteiger charge is 2.27. The molecule has 0 heterocycles. The van der Waals surface area contributed by atoms with Gasteiger partial charge in [0.1, 0.15) is 17.7 Å². The van der Waals surface area contributed by atoms with E-state index in [-0.39, 0.29) is 16.7 Å². The monoisotopic (exact) mass is 538 g/mol. The van der Waals surface area contributed by atoms with E-state index in [9.17, 15) is 22.8 Å². The predicted molar refractivity (Wildman–Crippen MR) is 143 cm³/mol. The summed E-state index contributed by atoms with van der Waals surface area (Å²) in [6.07, 6.45) is 1.23. The lowest BCUT2D eigenvalue weighted by molar-refractivity contribution is -0.130. The van der Waals surface area contributed by atoms with Crippen LogP contribution in [0.2, 0.25) is 0 Å². The Labute approximate surface area is 220 Å². The van der Waals surface area contributed by atoms with Crippen LogP contribution in [-0.4, -0.2) is 50.1 Å². The fourth-order valence-corrected chi connectivity index (χ4v) is 4.32. The van der Waals surface area contributed by atoms with Crippen molar-refractivity contribution in [1.29, 1.82) is 0 Å². The van der Waals surface area contributed by atoms with E-state index >= 15 is 0 Å². The van der Waals surface area contributed by atoms with Gasteiger partial charge in [-0.3, -0.25) is 15.0 Å². The number of hydrazine groups is 1. The summed E-state index contributed by atoms with van der Waals surface area (Å²) in [7, 11) is -3.67. The molecule has 4 N–H and O–H groups in total. The molecule has 37 heavy (non-hydrogen) atoms. The van der Waals surface area contributed by atoms with Gasteiger partial charge in [0.2, 0.25) is 11.8 Å². The van der Waals surface area contributed by atoms with Crippen LogP contribution in [0.25, 0.3) is 0 Å². The lowest BCUT2D eigenvalue weighted by atomic mass is 10.0. The first kappa shape index (κ1) is 32.1. The third-order valence-electron chi connectivity index (χ3n) is 5.04. The minimum atomic E-state index is -3.67. The lowest BCUT2D eigenvalue weighted by Gasteiger charge is -2.26. The second-order valence-electron chi connectivity index (χ2n) is 10.7. The molecular weight excluding hydrogens is 496 g/mol. The fraction of sp³-hybridized carbons (Fsp3) is 0.577. The van der Waals surface area contributed by atoms with E-state index in [1.165, 1.54) is 25.1 Å². The second-order valence-corrected chi connectivity index (χ2v) is 12.5. The number of amides is 3. The minimum Gasteiger partial charge on any atom is -0.443 e. The molecule has 0 saturated carbocycles. The standard InChI is InChI=1S/C26H42N4O6S/c1-17(2)16-20(14-15-37(34,35)21-12-10-9-11-13-21)28-23(31)19(5)27-24(32)22(18(3)4)29-30-25(33)36-26(6,7)8/h9-15,17-20,22,29H,16H2,1-8H3,(H,27,32)(H,28,31)(H,30,33)/t19-,20?,22-/m0/s1. The Hall–Kier alpha value is -2.92. The first-order chi connectivity index (χ1) is 17.0. The normalized spacial score (nSPS) is 14.8. The van der Waals surface area contributed by atoms with E-state index in [1.807, 2.05) is 13.8 Å². The van der Waals surface area contributed by atoms with Gasteiger partial charge in [-0.2, -0.15) is 0 Å². The van der Waals surface area contributed by atoms with Crippen LogP contribution < -0.4 is 21.5 Å². The van der Waals surface area contributed by atoms with Crippen LogP contribution in [-0.2, 0) is 24.2 Å². The Kier molecular flexibility index (Phi) is 12.3. The smallest absolute Gasteiger partial charge is 0.422 e. The molecule has 10 nitrogen and oxygen atoms in total. The molecule has 3 atom stereocenters.